The molecule has 5 nitrogen and oxygen atoms in total. The highest BCUT2D eigenvalue weighted by Crippen LogP contribution is 2.18. The highest BCUT2D eigenvalue weighted by Gasteiger charge is 2.08. The molecule has 0 fully saturated rings. The Bertz CT molecular complexity index is 669. The number of hydrogen-bond acceptors (Lipinski definition) is 4. The second kappa shape index (κ2) is 9.67. The van der Waals surface area contributed by atoms with E-state index in [9.17, 15) is 4.79 Å². The number of rotatable bonds is 9. The highest BCUT2D eigenvalue weighted by atomic mass is 16.5. The molecule has 0 bridgehead atoms. The Kier molecular flexibility index (Phi) is 7.26. The van der Waals surface area contributed by atoms with Crippen LogP contribution in [0.2, 0.25) is 0 Å². The van der Waals surface area contributed by atoms with Crippen molar-refractivity contribution in [1.29, 1.82) is 0 Å². The van der Waals surface area contributed by atoms with Gasteiger partial charge in [-0.2, -0.15) is 0 Å². The number of aromatic nitrogens is 1. The first-order valence-electron chi connectivity index (χ1n) is 8.86. The molecule has 134 valence electrons. The van der Waals surface area contributed by atoms with Crippen LogP contribution in [0.5, 0.6) is 5.75 Å². The van der Waals surface area contributed by atoms with Crippen molar-refractivity contribution in [3.8, 4) is 5.75 Å². The van der Waals surface area contributed by atoms with Crippen LogP contribution in [-0.2, 0) is 0 Å². The van der Waals surface area contributed by atoms with Crippen LogP contribution in [0, 0.1) is 0 Å². The van der Waals surface area contributed by atoms with Gasteiger partial charge in [-0.25, -0.2) is 4.98 Å². The number of nitrogens with zero attached hydrogens (tertiary/aromatic N) is 1. The van der Waals surface area contributed by atoms with E-state index >= 15 is 0 Å². The molecule has 0 aliphatic carbocycles. The first-order chi connectivity index (χ1) is 12.1. The predicted molar refractivity (Wildman–Crippen MR) is 102 cm³/mol. The average Bonchev–Trinajstić information content (AvgIpc) is 2.60. The number of unbranched alkanes of at least 4 members (excludes halogenated alkanes) is 2. The van der Waals surface area contributed by atoms with Crippen LogP contribution in [0.3, 0.4) is 0 Å². The topological polar surface area (TPSA) is 63.2 Å². The maximum absolute atomic E-state index is 12.4. The number of carbonyl (C=O) groups is 1. The number of carbonyl (C=O) groups excluding carboxylic acids is 1. The molecule has 2 N–H and O–H groups in total. The van der Waals surface area contributed by atoms with Crippen molar-refractivity contribution in [2.24, 2.45) is 0 Å². The number of pyridine rings is 1. The largest absolute Gasteiger partial charge is 0.491 e. The van der Waals surface area contributed by atoms with Crippen LogP contribution >= 0.6 is 0 Å². The van der Waals surface area contributed by atoms with Crippen molar-refractivity contribution < 1.29 is 9.53 Å². The monoisotopic (exact) mass is 341 g/mol. The molecule has 1 aromatic carbocycles. The summed E-state index contributed by atoms with van der Waals surface area (Å²) in [4.78, 5) is 16.7. The van der Waals surface area contributed by atoms with Crippen molar-refractivity contribution in [2.75, 3.05) is 17.2 Å². The molecule has 0 radical (unpaired) electrons. The number of nitrogens with one attached hydrogen (secondary N) is 2. The van der Waals surface area contributed by atoms with Crippen LogP contribution in [0.25, 0.3) is 0 Å². The van der Waals surface area contributed by atoms with Gasteiger partial charge in [0.2, 0.25) is 0 Å². The normalized spacial score (nSPS) is 10.6. The molecule has 0 saturated carbocycles. The van der Waals surface area contributed by atoms with Crippen LogP contribution in [0.1, 0.15) is 50.4 Å². The van der Waals surface area contributed by atoms with E-state index in [4.69, 9.17) is 4.74 Å². The Morgan fingerprint density at radius 1 is 1.16 bits per heavy atom. The SMILES string of the molecule is CCCCCNc1cc(C(=O)Nc2ccc(OC(C)C)cc2)ccn1. The summed E-state index contributed by atoms with van der Waals surface area (Å²) in [7, 11) is 0. The van der Waals surface area contributed by atoms with E-state index in [1.807, 2.05) is 38.1 Å². The second-order valence-electron chi connectivity index (χ2n) is 6.21. The van der Waals surface area contributed by atoms with Crippen LogP contribution in [0.15, 0.2) is 42.6 Å². The van der Waals surface area contributed by atoms with Crippen molar-refractivity contribution in [2.45, 2.75) is 46.1 Å². The van der Waals surface area contributed by atoms with Crippen LogP contribution in [-0.4, -0.2) is 23.5 Å². The van der Waals surface area contributed by atoms with E-state index in [0.29, 0.717) is 5.56 Å². The summed E-state index contributed by atoms with van der Waals surface area (Å²) < 4.78 is 5.60. The van der Waals surface area contributed by atoms with Gasteiger partial charge in [-0.15, -0.1) is 0 Å². The van der Waals surface area contributed by atoms with Crippen molar-refractivity contribution in [1.82, 2.24) is 4.98 Å². The standard InChI is InChI=1S/C20H27N3O2/c1-4-5-6-12-21-19-14-16(11-13-22-19)20(24)23-17-7-9-18(10-8-17)25-15(2)3/h7-11,13-15H,4-6,12H2,1-3H3,(H,21,22)(H,23,24). The summed E-state index contributed by atoms with van der Waals surface area (Å²) in [6.45, 7) is 6.99. The van der Waals surface area contributed by atoms with Gasteiger partial charge in [0.1, 0.15) is 11.6 Å². The Labute approximate surface area is 149 Å². The van der Waals surface area contributed by atoms with E-state index in [-0.39, 0.29) is 12.0 Å². The predicted octanol–water partition coefficient (Wildman–Crippen LogP) is 4.72. The lowest BCUT2D eigenvalue weighted by Gasteiger charge is -2.11. The Balaban J connectivity index is 1.93. The first-order valence-corrected chi connectivity index (χ1v) is 8.86. The number of ether oxygens (including phenoxy) is 1. The van der Waals surface area contributed by atoms with E-state index in [1.54, 1.807) is 18.3 Å². The molecule has 1 heterocycles. The molecule has 0 atom stereocenters. The maximum Gasteiger partial charge on any atom is 0.255 e. The Morgan fingerprint density at radius 3 is 2.60 bits per heavy atom. The third kappa shape index (κ3) is 6.45. The Morgan fingerprint density at radius 2 is 1.92 bits per heavy atom. The molecule has 1 amide bonds. The third-order valence-corrected chi connectivity index (χ3v) is 3.59. The fourth-order valence-electron chi connectivity index (χ4n) is 2.35. The minimum atomic E-state index is -0.156. The molecule has 25 heavy (non-hydrogen) atoms. The lowest BCUT2D eigenvalue weighted by atomic mass is 10.2. The minimum absolute atomic E-state index is 0.125. The van der Waals surface area contributed by atoms with Gasteiger partial charge in [0.25, 0.3) is 5.91 Å². The molecular formula is C20H27N3O2. The van der Waals surface area contributed by atoms with Crippen LogP contribution < -0.4 is 15.4 Å². The van der Waals surface area contributed by atoms with Gasteiger partial charge in [0.05, 0.1) is 6.10 Å². The van der Waals surface area contributed by atoms with Crippen LogP contribution in [0.4, 0.5) is 11.5 Å². The zero-order valence-corrected chi connectivity index (χ0v) is 15.2. The van der Waals surface area contributed by atoms with Gasteiger partial charge in [0, 0.05) is 24.0 Å². The van der Waals surface area contributed by atoms with E-state index in [0.717, 1.165) is 30.2 Å². The van der Waals surface area contributed by atoms with Gasteiger partial charge in [0.15, 0.2) is 0 Å². The zero-order chi connectivity index (χ0) is 18.1. The minimum Gasteiger partial charge on any atom is -0.491 e. The lowest BCUT2D eigenvalue weighted by molar-refractivity contribution is 0.102. The molecule has 0 saturated heterocycles. The molecule has 0 aliphatic heterocycles. The van der Waals surface area contributed by atoms with Gasteiger partial charge < -0.3 is 15.4 Å². The number of hydrogen-bond donors (Lipinski definition) is 2. The summed E-state index contributed by atoms with van der Waals surface area (Å²) in [5.74, 6) is 1.36. The number of benzene rings is 1. The van der Waals surface area contributed by atoms with Gasteiger partial charge in [-0.3, -0.25) is 4.79 Å². The summed E-state index contributed by atoms with van der Waals surface area (Å²) in [5.41, 5.74) is 1.31. The summed E-state index contributed by atoms with van der Waals surface area (Å²) >= 11 is 0. The van der Waals surface area contributed by atoms with Crippen molar-refractivity contribution in [3.05, 3.63) is 48.2 Å². The molecule has 5 heteroatoms. The molecule has 2 aromatic rings. The van der Waals surface area contributed by atoms with Gasteiger partial charge >= 0.3 is 0 Å². The zero-order valence-electron chi connectivity index (χ0n) is 15.2. The maximum atomic E-state index is 12.4. The first kappa shape index (κ1) is 18.8. The highest BCUT2D eigenvalue weighted by molar-refractivity contribution is 6.04. The molecule has 0 aliphatic rings. The smallest absolute Gasteiger partial charge is 0.255 e. The summed E-state index contributed by atoms with van der Waals surface area (Å²) in [5, 5.41) is 6.15. The lowest BCUT2D eigenvalue weighted by Crippen LogP contribution is -2.13. The molecule has 0 spiro atoms. The molecular weight excluding hydrogens is 314 g/mol. The Hall–Kier alpha value is -2.56. The van der Waals surface area contributed by atoms with E-state index in [2.05, 4.69) is 22.5 Å². The third-order valence-electron chi connectivity index (χ3n) is 3.59. The molecule has 0 unspecified atom stereocenters. The quantitative estimate of drug-likeness (QED) is 0.648. The van der Waals surface area contributed by atoms with E-state index < -0.39 is 0 Å². The van der Waals surface area contributed by atoms with Crippen molar-refractivity contribution in [3.63, 3.8) is 0 Å². The summed E-state index contributed by atoms with van der Waals surface area (Å²) in [6, 6.07) is 10.9. The van der Waals surface area contributed by atoms with Gasteiger partial charge in [-0.1, -0.05) is 19.8 Å². The number of amides is 1. The summed E-state index contributed by atoms with van der Waals surface area (Å²) in [6.07, 6.45) is 5.23. The fourth-order valence-corrected chi connectivity index (χ4v) is 2.35. The fraction of sp³-hybridized carbons (Fsp3) is 0.400. The van der Waals surface area contributed by atoms with Gasteiger partial charge in [-0.05, 0) is 56.7 Å². The molecule has 2 rings (SSSR count). The number of anilines is 2. The average molecular weight is 341 g/mol. The van der Waals surface area contributed by atoms with Crippen molar-refractivity contribution >= 4 is 17.4 Å². The molecule has 1 aromatic heterocycles. The second-order valence-corrected chi connectivity index (χ2v) is 6.21. The van der Waals surface area contributed by atoms with E-state index in [1.165, 1.54) is 12.8 Å².